The average molecular weight is 272 g/mol. The lowest BCUT2D eigenvalue weighted by atomic mass is 10.2. The van der Waals surface area contributed by atoms with E-state index in [9.17, 15) is 0 Å². The maximum atomic E-state index is 8.85. The Labute approximate surface area is 100 Å². The molecule has 1 aromatic rings. The Hall–Kier alpha value is -0.540. The Morgan fingerprint density at radius 2 is 2.13 bits per heavy atom. The molecule has 0 aliphatic rings. The van der Waals surface area contributed by atoms with Gasteiger partial charge in [0.15, 0.2) is 0 Å². The summed E-state index contributed by atoms with van der Waals surface area (Å²) in [7, 11) is 0. The van der Waals surface area contributed by atoms with Crippen LogP contribution in [0.25, 0.3) is 0 Å². The van der Waals surface area contributed by atoms with Crippen LogP contribution in [0.15, 0.2) is 28.7 Å². The first-order valence-corrected chi connectivity index (χ1v) is 6.18. The van der Waals surface area contributed by atoms with Crippen molar-refractivity contribution in [2.75, 3.05) is 24.6 Å². The zero-order valence-electron chi connectivity index (χ0n) is 9.12. The lowest BCUT2D eigenvalue weighted by Crippen LogP contribution is -2.25. The van der Waals surface area contributed by atoms with E-state index in [1.807, 2.05) is 12.1 Å². The summed E-state index contributed by atoms with van der Waals surface area (Å²) in [6.45, 7) is 4.38. The molecule has 15 heavy (non-hydrogen) atoms. The lowest BCUT2D eigenvalue weighted by molar-refractivity contribution is 0.289. The van der Waals surface area contributed by atoms with E-state index >= 15 is 0 Å². The van der Waals surface area contributed by atoms with Gasteiger partial charge in [-0.25, -0.2) is 0 Å². The van der Waals surface area contributed by atoms with Crippen molar-refractivity contribution in [1.29, 1.82) is 0 Å². The van der Waals surface area contributed by atoms with Crippen LogP contribution in [0.5, 0.6) is 0 Å². The molecular weight excluding hydrogens is 254 g/mol. The van der Waals surface area contributed by atoms with E-state index in [1.165, 1.54) is 5.69 Å². The van der Waals surface area contributed by atoms with E-state index in [2.05, 4.69) is 39.9 Å². The highest BCUT2D eigenvalue weighted by Gasteiger charge is 2.04. The smallest absolute Gasteiger partial charge is 0.0447 e. The minimum Gasteiger partial charge on any atom is -0.396 e. The van der Waals surface area contributed by atoms with Crippen LogP contribution >= 0.6 is 15.9 Å². The molecule has 0 bridgehead atoms. The summed E-state index contributed by atoms with van der Waals surface area (Å²) in [5.41, 5.74) is 1.22. The molecule has 0 fully saturated rings. The van der Waals surface area contributed by atoms with Gasteiger partial charge in [0.25, 0.3) is 0 Å². The van der Waals surface area contributed by atoms with Crippen molar-refractivity contribution in [2.24, 2.45) is 0 Å². The van der Waals surface area contributed by atoms with Gasteiger partial charge in [0.05, 0.1) is 0 Å². The van der Waals surface area contributed by atoms with Gasteiger partial charge >= 0.3 is 0 Å². The fraction of sp³-hybridized carbons (Fsp3) is 0.500. The van der Waals surface area contributed by atoms with Gasteiger partial charge in [-0.2, -0.15) is 0 Å². The van der Waals surface area contributed by atoms with E-state index in [1.54, 1.807) is 0 Å². The van der Waals surface area contributed by atoms with Crippen molar-refractivity contribution in [1.82, 2.24) is 0 Å². The molecule has 3 heteroatoms. The molecule has 84 valence electrons. The van der Waals surface area contributed by atoms with E-state index in [4.69, 9.17) is 5.11 Å². The van der Waals surface area contributed by atoms with Gasteiger partial charge < -0.3 is 10.0 Å². The van der Waals surface area contributed by atoms with Crippen LogP contribution in [0.3, 0.4) is 0 Å². The Balaban J connectivity index is 2.69. The predicted octanol–water partition coefficient (Wildman–Crippen LogP) is 3.05. The third kappa shape index (κ3) is 4.22. The molecule has 0 amide bonds. The largest absolute Gasteiger partial charge is 0.396 e. The molecule has 0 aromatic heterocycles. The van der Waals surface area contributed by atoms with Gasteiger partial charge in [-0.15, -0.1) is 0 Å². The lowest BCUT2D eigenvalue weighted by Gasteiger charge is -2.24. The minimum absolute atomic E-state index is 0.258. The van der Waals surface area contributed by atoms with Gasteiger partial charge in [-0.1, -0.05) is 28.9 Å². The second kappa shape index (κ2) is 6.85. The van der Waals surface area contributed by atoms with Crippen LogP contribution in [-0.2, 0) is 0 Å². The van der Waals surface area contributed by atoms with Crippen LogP contribution in [-0.4, -0.2) is 24.8 Å². The van der Waals surface area contributed by atoms with Gasteiger partial charge in [0, 0.05) is 29.9 Å². The molecular formula is C12H18BrNO. The molecule has 0 unspecified atom stereocenters. The van der Waals surface area contributed by atoms with E-state index in [-0.39, 0.29) is 6.61 Å². The summed E-state index contributed by atoms with van der Waals surface area (Å²) in [5, 5.41) is 8.85. The molecule has 0 aliphatic heterocycles. The molecule has 0 atom stereocenters. The van der Waals surface area contributed by atoms with Crippen molar-refractivity contribution in [3.63, 3.8) is 0 Å². The third-order valence-corrected chi connectivity index (χ3v) is 2.75. The highest BCUT2D eigenvalue weighted by atomic mass is 79.9. The molecule has 0 saturated heterocycles. The van der Waals surface area contributed by atoms with Crippen molar-refractivity contribution in [3.05, 3.63) is 28.7 Å². The number of benzene rings is 1. The normalized spacial score (nSPS) is 10.3. The highest BCUT2D eigenvalue weighted by molar-refractivity contribution is 9.10. The molecule has 0 saturated carbocycles. The van der Waals surface area contributed by atoms with Crippen LogP contribution < -0.4 is 4.90 Å². The van der Waals surface area contributed by atoms with Gasteiger partial charge in [-0.05, 0) is 31.0 Å². The first-order chi connectivity index (χ1) is 7.27. The monoisotopic (exact) mass is 271 g/mol. The summed E-state index contributed by atoms with van der Waals surface area (Å²) in [4.78, 5) is 2.31. The maximum Gasteiger partial charge on any atom is 0.0447 e. The number of hydrogen-bond acceptors (Lipinski definition) is 2. The van der Waals surface area contributed by atoms with Crippen LogP contribution in [0, 0.1) is 0 Å². The van der Waals surface area contributed by atoms with Crippen LogP contribution in [0.2, 0.25) is 0 Å². The van der Waals surface area contributed by atoms with E-state index in [0.717, 1.165) is 30.4 Å². The first kappa shape index (κ1) is 12.5. The molecule has 0 spiro atoms. The average Bonchev–Trinajstić information content (AvgIpc) is 2.24. The van der Waals surface area contributed by atoms with E-state index in [0.29, 0.717) is 0 Å². The number of nitrogens with zero attached hydrogens (tertiary/aromatic N) is 1. The van der Waals surface area contributed by atoms with Crippen molar-refractivity contribution < 1.29 is 5.11 Å². The Morgan fingerprint density at radius 1 is 1.33 bits per heavy atom. The summed E-state index contributed by atoms with van der Waals surface area (Å²) in [6.07, 6.45) is 1.95. The molecule has 1 rings (SSSR count). The Bertz CT molecular complexity index is 291. The van der Waals surface area contributed by atoms with Gasteiger partial charge in [-0.3, -0.25) is 0 Å². The minimum atomic E-state index is 0.258. The van der Waals surface area contributed by atoms with Crippen LogP contribution in [0.4, 0.5) is 5.69 Å². The number of aliphatic hydroxyl groups is 1. The van der Waals surface area contributed by atoms with Crippen molar-refractivity contribution in [3.8, 4) is 0 Å². The zero-order chi connectivity index (χ0) is 11.1. The maximum absolute atomic E-state index is 8.85. The van der Waals surface area contributed by atoms with Gasteiger partial charge in [0.1, 0.15) is 0 Å². The summed E-state index contributed by atoms with van der Waals surface area (Å²) in [6, 6.07) is 8.30. The molecule has 0 radical (unpaired) electrons. The molecule has 1 aromatic carbocycles. The predicted molar refractivity (Wildman–Crippen MR) is 68.3 cm³/mol. The Morgan fingerprint density at radius 3 is 2.73 bits per heavy atom. The number of hydrogen-bond donors (Lipinski definition) is 1. The second-order valence-electron chi connectivity index (χ2n) is 3.54. The molecule has 2 nitrogen and oxygen atoms in total. The van der Waals surface area contributed by atoms with Crippen LogP contribution in [0.1, 0.15) is 19.8 Å². The quantitative estimate of drug-likeness (QED) is 0.860. The summed E-state index contributed by atoms with van der Waals surface area (Å²) < 4.78 is 1.10. The van der Waals surface area contributed by atoms with Crippen molar-refractivity contribution >= 4 is 21.6 Å². The fourth-order valence-corrected chi connectivity index (χ4v) is 1.96. The highest BCUT2D eigenvalue weighted by Crippen LogP contribution is 2.20. The Kier molecular flexibility index (Phi) is 5.73. The number of halogens is 1. The third-order valence-electron chi connectivity index (χ3n) is 2.25. The fourth-order valence-electron chi connectivity index (χ4n) is 1.57. The van der Waals surface area contributed by atoms with Crippen molar-refractivity contribution in [2.45, 2.75) is 19.8 Å². The molecule has 0 aliphatic carbocycles. The SMILES string of the molecule is CCCN(CCCO)c1cccc(Br)c1. The summed E-state index contributed by atoms with van der Waals surface area (Å²) >= 11 is 3.47. The van der Waals surface area contributed by atoms with Gasteiger partial charge in [0.2, 0.25) is 0 Å². The summed E-state index contributed by atoms with van der Waals surface area (Å²) in [5.74, 6) is 0. The zero-order valence-corrected chi connectivity index (χ0v) is 10.7. The number of anilines is 1. The number of rotatable bonds is 6. The molecule has 1 N–H and O–H groups in total. The first-order valence-electron chi connectivity index (χ1n) is 5.39. The standard InChI is InChI=1S/C12H18BrNO/c1-2-7-14(8-4-9-15)12-6-3-5-11(13)10-12/h3,5-6,10,15H,2,4,7-9H2,1H3. The number of aliphatic hydroxyl groups excluding tert-OH is 1. The second-order valence-corrected chi connectivity index (χ2v) is 4.46. The van der Waals surface area contributed by atoms with E-state index < -0.39 is 0 Å². The molecule has 0 heterocycles. The topological polar surface area (TPSA) is 23.5 Å².